The summed E-state index contributed by atoms with van der Waals surface area (Å²) in [6.07, 6.45) is 4.48. The maximum Gasteiger partial charge on any atom is 0.260 e. The summed E-state index contributed by atoms with van der Waals surface area (Å²) in [4.78, 5) is 14.4. The Hall–Kier alpha value is -4.46. The van der Waals surface area contributed by atoms with Crippen molar-refractivity contribution in [1.82, 2.24) is 30.1 Å². The molecule has 0 bridgehead atoms. The second-order valence-corrected chi connectivity index (χ2v) is 9.13. The standard InChI is InChI=1S/C29H30N6O2/c1-34(17-16-22-8-4-2-5-9-22)29(36)21-37-25-13-14-27-26(18-25)24(12-15-28-30-32-33-31-28)20-35(27)19-23-10-6-3-7-11-23/h2-11,13-14,18,20H,12,15-17,19,21H2,1H3,(H,30,31,32,33). The molecule has 2 aromatic heterocycles. The van der Waals surface area contributed by atoms with Gasteiger partial charge in [-0.15, -0.1) is 5.10 Å². The third kappa shape index (κ3) is 6.22. The van der Waals surface area contributed by atoms with Gasteiger partial charge in [0, 0.05) is 43.7 Å². The lowest BCUT2D eigenvalue weighted by Gasteiger charge is -2.17. The molecule has 5 rings (SSSR count). The topological polar surface area (TPSA) is 88.9 Å². The number of H-pyrrole nitrogens is 1. The van der Waals surface area contributed by atoms with Crippen molar-refractivity contribution in [2.24, 2.45) is 0 Å². The molecule has 0 aliphatic carbocycles. The number of benzene rings is 3. The number of hydrogen-bond acceptors (Lipinski definition) is 5. The Morgan fingerprint density at radius 3 is 2.43 bits per heavy atom. The van der Waals surface area contributed by atoms with Crippen molar-refractivity contribution >= 4 is 16.8 Å². The maximum absolute atomic E-state index is 12.7. The number of ether oxygens (including phenoxy) is 1. The Morgan fingerprint density at radius 1 is 0.946 bits per heavy atom. The van der Waals surface area contributed by atoms with E-state index in [2.05, 4.69) is 73.9 Å². The molecule has 8 heteroatoms. The van der Waals surface area contributed by atoms with Crippen LogP contribution in [0.1, 0.15) is 22.5 Å². The minimum atomic E-state index is -0.0456. The molecule has 0 aliphatic rings. The third-order valence-corrected chi connectivity index (χ3v) is 6.52. The van der Waals surface area contributed by atoms with Crippen molar-refractivity contribution in [2.45, 2.75) is 25.8 Å². The predicted octanol–water partition coefficient (Wildman–Crippen LogP) is 4.07. The fourth-order valence-corrected chi connectivity index (χ4v) is 4.41. The van der Waals surface area contributed by atoms with Crippen molar-refractivity contribution in [3.8, 4) is 5.75 Å². The molecule has 1 N–H and O–H groups in total. The zero-order valence-electron chi connectivity index (χ0n) is 20.9. The zero-order chi connectivity index (χ0) is 25.5. The number of carbonyl (C=O) groups is 1. The van der Waals surface area contributed by atoms with Gasteiger partial charge >= 0.3 is 0 Å². The molecular weight excluding hydrogens is 464 g/mol. The number of carbonyl (C=O) groups excluding carboxylic acids is 1. The average molecular weight is 495 g/mol. The molecule has 0 unspecified atom stereocenters. The minimum Gasteiger partial charge on any atom is -0.484 e. The van der Waals surface area contributed by atoms with Crippen LogP contribution in [0.15, 0.2) is 85.1 Å². The van der Waals surface area contributed by atoms with Gasteiger partial charge in [-0.2, -0.15) is 0 Å². The lowest BCUT2D eigenvalue weighted by Crippen LogP contribution is -2.33. The molecule has 8 nitrogen and oxygen atoms in total. The number of aryl methyl sites for hydroxylation is 2. The Morgan fingerprint density at radius 2 is 1.70 bits per heavy atom. The molecule has 2 heterocycles. The average Bonchev–Trinajstić information content (AvgIpc) is 3.58. The van der Waals surface area contributed by atoms with Crippen LogP contribution in [0.2, 0.25) is 0 Å². The third-order valence-electron chi connectivity index (χ3n) is 6.52. The first-order valence-electron chi connectivity index (χ1n) is 12.4. The van der Waals surface area contributed by atoms with Crippen molar-refractivity contribution in [3.63, 3.8) is 0 Å². The van der Waals surface area contributed by atoms with E-state index in [9.17, 15) is 4.79 Å². The number of likely N-dealkylation sites (N-methyl/N-ethyl adjacent to an activating group) is 1. The van der Waals surface area contributed by atoms with Gasteiger partial charge in [-0.1, -0.05) is 60.7 Å². The van der Waals surface area contributed by atoms with Crippen LogP contribution in [-0.4, -0.2) is 56.2 Å². The summed E-state index contributed by atoms with van der Waals surface area (Å²) in [5.41, 5.74) is 4.74. The first kappa shape index (κ1) is 24.2. The quantitative estimate of drug-likeness (QED) is 0.299. The highest BCUT2D eigenvalue weighted by Gasteiger charge is 2.14. The van der Waals surface area contributed by atoms with Gasteiger partial charge in [0.15, 0.2) is 6.61 Å². The molecule has 188 valence electrons. The van der Waals surface area contributed by atoms with Gasteiger partial charge in [-0.3, -0.25) is 4.79 Å². The highest BCUT2D eigenvalue weighted by Crippen LogP contribution is 2.28. The van der Waals surface area contributed by atoms with Crippen LogP contribution >= 0.6 is 0 Å². The van der Waals surface area contributed by atoms with E-state index in [0.29, 0.717) is 18.7 Å². The lowest BCUT2D eigenvalue weighted by atomic mass is 10.1. The van der Waals surface area contributed by atoms with Gasteiger partial charge in [0.25, 0.3) is 5.91 Å². The summed E-state index contributed by atoms with van der Waals surface area (Å²) in [5.74, 6) is 1.38. The summed E-state index contributed by atoms with van der Waals surface area (Å²) in [7, 11) is 1.82. The number of aromatic amines is 1. The Bertz CT molecular complexity index is 1430. The molecule has 5 aromatic rings. The predicted molar refractivity (Wildman–Crippen MR) is 142 cm³/mol. The molecule has 3 aromatic carbocycles. The molecule has 37 heavy (non-hydrogen) atoms. The normalized spacial score (nSPS) is 11.1. The zero-order valence-corrected chi connectivity index (χ0v) is 20.9. The van der Waals surface area contributed by atoms with E-state index in [1.54, 1.807) is 4.90 Å². The van der Waals surface area contributed by atoms with E-state index < -0.39 is 0 Å². The highest BCUT2D eigenvalue weighted by molar-refractivity contribution is 5.86. The fourth-order valence-electron chi connectivity index (χ4n) is 4.41. The number of aromatic nitrogens is 5. The second kappa shape index (κ2) is 11.5. The van der Waals surface area contributed by atoms with Gasteiger partial charge in [-0.05, 0) is 58.2 Å². The number of tetrazole rings is 1. The van der Waals surface area contributed by atoms with Crippen LogP contribution < -0.4 is 4.74 Å². The van der Waals surface area contributed by atoms with Gasteiger partial charge in [0.2, 0.25) is 0 Å². The van der Waals surface area contributed by atoms with Crippen LogP contribution in [0.4, 0.5) is 0 Å². The molecule has 0 radical (unpaired) electrons. The molecular formula is C29H30N6O2. The first-order chi connectivity index (χ1) is 18.2. The second-order valence-electron chi connectivity index (χ2n) is 9.13. The van der Waals surface area contributed by atoms with Crippen molar-refractivity contribution in [1.29, 1.82) is 0 Å². The Labute approximate surface area is 215 Å². The summed E-state index contributed by atoms with van der Waals surface area (Å²) >= 11 is 0. The number of hydrogen-bond donors (Lipinski definition) is 1. The number of nitrogens with zero attached hydrogens (tertiary/aromatic N) is 5. The minimum absolute atomic E-state index is 0.000583. The SMILES string of the molecule is CN(CCc1ccccc1)C(=O)COc1ccc2c(c1)c(CCc1nnn[nH]1)cn2Cc1ccccc1. The number of nitrogens with one attached hydrogen (secondary N) is 1. The van der Waals surface area contributed by atoms with E-state index in [-0.39, 0.29) is 12.5 Å². The largest absolute Gasteiger partial charge is 0.484 e. The number of rotatable bonds is 11. The van der Waals surface area contributed by atoms with Crippen LogP contribution in [0.3, 0.4) is 0 Å². The summed E-state index contributed by atoms with van der Waals surface area (Å²) in [5, 5.41) is 15.3. The number of amides is 1. The smallest absolute Gasteiger partial charge is 0.260 e. The van der Waals surface area contributed by atoms with Gasteiger partial charge < -0.3 is 14.2 Å². The molecule has 0 atom stereocenters. The van der Waals surface area contributed by atoms with Gasteiger partial charge in [0.05, 0.1) is 0 Å². The van der Waals surface area contributed by atoms with Crippen LogP contribution in [0.5, 0.6) is 5.75 Å². The van der Waals surface area contributed by atoms with Crippen molar-refractivity contribution in [3.05, 3.63) is 108 Å². The molecule has 0 aliphatic heterocycles. The Kier molecular flexibility index (Phi) is 7.55. The monoisotopic (exact) mass is 494 g/mol. The molecule has 1 amide bonds. The fraction of sp³-hybridized carbons (Fsp3) is 0.241. The summed E-state index contributed by atoms with van der Waals surface area (Å²) in [6, 6.07) is 26.6. The molecule has 0 saturated heterocycles. The van der Waals surface area contributed by atoms with E-state index in [1.165, 1.54) is 16.7 Å². The molecule has 0 spiro atoms. The molecule has 0 fully saturated rings. The van der Waals surface area contributed by atoms with E-state index >= 15 is 0 Å². The van der Waals surface area contributed by atoms with E-state index in [0.717, 1.165) is 36.1 Å². The van der Waals surface area contributed by atoms with Crippen LogP contribution in [0.25, 0.3) is 10.9 Å². The maximum atomic E-state index is 12.7. The van der Waals surface area contributed by atoms with Crippen LogP contribution in [-0.2, 0) is 30.6 Å². The van der Waals surface area contributed by atoms with Crippen LogP contribution in [0, 0.1) is 0 Å². The van der Waals surface area contributed by atoms with Crippen molar-refractivity contribution < 1.29 is 9.53 Å². The van der Waals surface area contributed by atoms with Crippen molar-refractivity contribution in [2.75, 3.05) is 20.2 Å². The Balaban J connectivity index is 1.29. The summed E-state index contributed by atoms with van der Waals surface area (Å²) < 4.78 is 8.20. The van der Waals surface area contributed by atoms with Gasteiger partial charge in [-0.25, -0.2) is 5.10 Å². The van der Waals surface area contributed by atoms with E-state index in [4.69, 9.17) is 4.74 Å². The summed E-state index contributed by atoms with van der Waals surface area (Å²) in [6.45, 7) is 1.42. The highest BCUT2D eigenvalue weighted by atomic mass is 16.5. The number of fused-ring (bicyclic) bond motifs is 1. The van der Waals surface area contributed by atoms with Gasteiger partial charge in [0.1, 0.15) is 11.6 Å². The van der Waals surface area contributed by atoms with E-state index in [1.807, 2.05) is 43.4 Å². The lowest BCUT2D eigenvalue weighted by molar-refractivity contribution is -0.132. The first-order valence-corrected chi connectivity index (χ1v) is 12.4. The molecule has 0 saturated carbocycles.